The van der Waals surface area contributed by atoms with E-state index < -0.39 is 40.7 Å². The summed E-state index contributed by atoms with van der Waals surface area (Å²) in [4.78, 5) is 20.5. The Labute approximate surface area is 304 Å². The number of ether oxygens (including phenoxy) is 3. The minimum Gasteiger partial charge on any atom is -0.494 e. The van der Waals surface area contributed by atoms with Crippen molar-refractivity contribution < 1.29 is 37.6 Å². The molecular formula is C38H47N5O8S. The molecule has 0 aliphatic carbocycles. The monoisotopic (exact) mass is 733 g/mol. The van der Waals surface area contributed by atoms with Crippen molar-refractivity contribution in [3.63, 3.8) is 0 Å². The number of para-hydroxylation sites is 1. The molecule has 2 aliphatic rings. The normalized spacial score (nSPS) is 20.1. The number of aromatic amines is 1. The van der Waals surface area contributed by atoms with Gasteiger partial charge < -0.3 is 40.0 Å². The fourth-order valence-electron chi connectivity index (χ4n) is 6.63. The lowest BCUT2D eigenvalue weighted by Gasteiger charge is -2.31. The van der Waals surface area contributed by atoms with Gasteiger partial charge in [-0.25, -0.2) is 13.2 Å². The van der Waals surface area contributed by atoms with Gasteiger partial charge in [0.15, 0.2) is 12.2 Å². The van der Waals surface area contributed by atoms with Crippen molar-refractivity contribution in [3.8, 4) is 5.88 Å². The van der Waals surface area contributed by atoms with Crippen LogP contribution >= 0.6 is 0 Å². The number of nitrogens with zero attached hydrogens (tertiary/aromatic N) is 2. The highest BCUT2D eigenvalue weighted by Gasteiger charge is 2.44. The van der Waals surface area contributed by atoms with Crippen molar-refractivity contribution in [1.82, 2.24) is 14.6 Å². The summed E-state index contributed by atoms with van der Waals surface area (Å²) in [7, 11) is -4.16. The highest BCUT2D eigenvalue weighted by molar-refractivity contribution is 7.89. The zero-order valence-corrected chi connectivity index (χ0v) is 30.2. The number of sulfonamides is 1. The smallest absolute Gasteiger partial charge is 0.407 e. The molecule has 0 bridgehead atoms. The molecule has 1 amide bonds. The zero-order valence-electron chi connectivity index (χ0n) is 29.4. The van der Waals surface area contributed by atoms with Crippen LogP contribution in [0.25, 0.3) is 10.9 Å². The Morgan fingerprint density at radius 3 is 2.58 bits per heavy atom. The Balaban J connectivity index is 1.19. The topological polar surface area (TPSA) is 175 Å². The second kappa shape index (κ2) is 16.9. The van der Waals surface area contributed by atoms with Gasteiger partial charge in [-0.2, -0.15) is 4.31 Å². The van der Waals surface area contributed by atoms with E-state index in [0.29, 0.717) is 36.2 Å². The van der Waals surface area contributed by atoms with Gasteiger partial charge in [-0.3, -0.25) is 4.99 Å². The summed E-state index contributed by atoms with van der Waals surface area (Å²) in [5.74, 6) is -0.262. The van der Waals surface area contributed by atoms with Crippen LogP contribution in [0.15, 0.2) is 88.8 Å². The van der Waals surface area contributed by atoms with Crippen molar-refractivity contribution in [2.24, 2.45) is 16.8 Å². The number of carbonyl (C=O) groups is 1. The number of benzene rings is 3. The van der Waals surface area contributed by atoms with Crippen LogP contribution in [-0.4, -0.2) is 104 Å². The lowest BCUT2D eigenvalue weighted by molar-refractivity contribution is -0.0907. The molecule has 3 heterocycles. The number of aromatic hydroxyl groups is 1. The number of amides is 1. The SMILES string of the molecule is CC(C)CN(C[C@@H](O)[C@H](Cc1ccccc1)NC(=O)O[C@H]1CO[C@H]2OCC[C@H]21)S(=O)(=O)c1ccc2[nH]c(O)c(C=NCCNc3ccccc3)c2c1. The third-order valence-electron chi connectivity index (χ3n) is 9.26. The molecule has 2 fully saturated rings. The average molecular weight is 734 g/mol. The van der Waals surface area contributed by atoms with Gasteiger partial charge in [0.05, 0.1) is 48.3 Å². The molecule has 0 saturated carbocycles. The molecule has 5 N–H and O–H groups in total. The Morgan fingerprint density at radius 1 is 1.08 bits per heavy atom. The number of nitrogens with one attached hydrogen (secondary N) is 3. The molecule has 13 nitrogen and oxygen atoms in total. The van der Waals surface area contributed by atoms with Gasteiger partial charge in [0.2, 0.25) is 10.0 Å². The third kappa shape index (κ3) is 9.11. The lowest BCUT2D eigenvalue weighted by atomic mass is 10.0. The number of hydrogen-bond acceptors (Lipinski definition) is 10. The van der Waals surface area contributed by atoms with Gasteiger partial charge in [0.1, 0.15) is 6.10 Å². The van der Waals surface area contributed by atoms with E-state index in [1.807, 2.05) is 74.5 Å². The lowest BCUT2D eigenvalue weighted by Crippen LogP contribution is -2.51. The molecule has 0 unspecified atom stereocenters. The minimum absolute atomic E-state index is 0.00575. The molecule has 6 rings (SSSR count). The number of aliphatic imine (C=N–C) groups is 1. The molecule has 14 heteroatoms. The van der Waals surface area contributed by atoms with Gasteiger partial charge in [-0.05, 0) is 54.7 Å². The van der Waals surface area contributed by atoms with Crippen molar-refractivity contribution in [2.45, 2.75) is 56.1 Å². The number of rotatable bonds is 16. The number of carbonyl (C=O) groups excluding carboxylic acids is 1. The molecule has 0 radical (unpaired) electrons. The fourth-order valence-corrected chi connectivity index (χ4v) is 8.28. The summed E-state index contributed by atoms with van der Waals surface area (Å²) < 4.78 is 46.7. The minimum atomic E-state index is -4.16. The second-order valence-electron chi connectivity index (χ2n) is 13.6. The molecule has 5 atom stereocenters. The molecule has 278 valence electrons. The van der Waals surface area contributed by atoms with E-state index in [4.69, 9.17) is 14.2 Å². The van der Waals surface area contributed by atoms with E-state index >= 15 is 0 Å². The van der Waals surface area contributed by atoms with E-state index in [2.05, 4.69) is 20.6 Å². The fraction of sp³-hybridized carbons (Fsp3) is 0.421. The van der Waals surface area contributed by atoms with Crippen LogP contribution in [0.5, 0.6) is 5.88 Å². The van der Waals surface area contributed by atoms with Gasteiger partial charge in [0, 0.05) is 42.4 Å². The van der Waals surface area contributed by atoms with Crippen LogP contribution in [0.2, 0.25) is 0 Å². The average Bonchev–Trinajstić information content (AvgIpc) is 3.83. The molecule has 1 aromatic heterocycles. The zero-order chi connectivity index (χ0) is 36.7. The number of aliphatic hydroxyl groups excluding tert-OH is 1. The second-order valence-corrected chi connectivity index (χ2v) is 15.6. The highest BCUT2D eigenvalue weighted by atomic mass is 32.2. The van der Waals surface area contributed by atoms with Crippen molar-refractivity contribution in [3.05, 3.63) is 90.0 Å². The quantitative estimate of drug-likeness (QED) is 0.0820. The molecule has 3 aromatic carbocycles. The molecule has 2 aliphatic heterocycles. The van der Waals surface area contributed by atoms with Crippen molar-refractivity contribution in [1.29, 1.82) is 0 Å². The number of alkyl carbamates (subject to hydrolysis) is 1. The predicted octanol–water partition coefficient (Wildman–Crippen LogP) is 4.51. The Kier molecular flexibility index (Phi) is 12.1. The Morgan fingerprint density at radius 2 is 1.83 bits per heavy atom. The van der Waals surface area contributed by atoms with E-state index in [0.717, 1.165) is 17.7 Å². The standard InChI is InChI=1S/C38H47N5O8S/c1-25(2)22-43(23-34(44)33(19-26-9-5-3-6-10-26)42-38(46)51-35-24-50-37-29(35)15-18-49-37)52(47,48)28-13-14-32-30(20-28)31(36(45)41-32)21-39-16-17-40-27-11-7-4-8-12-27/h3-14,20-21,25,29,33-35,37,40-41,44-45H,15-19,22-24H2,1-2H3,(H,42,46)/t29-,33-,34+,35-,37+/m0/s1. The predicted molar refractivity (Wildman–Crippen MR) is 198 cm³/mol. The first kappa shape index (κ1) is 37.3. The largest absolute Gasteiger partial charge is 0.494 e. The number of anilines is 1. The molecule has 4 aromatic rings. The maximum atomic E-state index is 14.3. The van der Waals surface area contributed by atoms with Crippen LogP contribution < -0.4 is 10.6 Å². The van der Waals surface area contributed by atoms with E-state index in [1.165, 1.54) is 22.7 Å². The molecule has 52 heavy (non-hydrogen) atoms. The number of H-pyrrole nitrogens is 1. The highest BCUT2D eigenvalue weighted by Crippen LogP contribution is 2.33. The van der Waals surface area contributed by atoms with Crippen LogP contribution in [0, 0.1) is 11.8 Å². The third-order valence-corrected chi connectivity index (χ3v) is 11.1. The summed E-state index contributed by atoms with van der Waals surface area (Å²) in [5, 5.41) is 28.9. The van der Waals surface area contributed by atoms with E-state index in [-0.39, 0.29) is 48.7 Å². The van der Waals surface area contributed by atoms with Gasteiger partial charge in [-0.15, -0.1) is 0 Å². The van der Waals surface area contributed by atoms with E-state index in [9.17, 15) is 23.4 Å². The van der Waals surface area contributed by atoms with Crippen LogP contribution in [-0.2, 0) is 30.7 Å². The van der Waals surface area contributed by atoms with E-state index in [1.54, 1.807) is 6.07 Å². The Hall–Kier alpha value is -4.47. The van der Waals surface area contributed by atoms with Crippen LogP contribution in [0.1, 0.15) is 31.4 Å². The molecular weight excluding hydrogens is 687 g/mol. The van der Waals surface area contributed by atoms with Gasteiger partial charge >= 0.3 is 6.09 Å². The van der Waals surface area contributed by atoms with Gasteiger partial charge in [-0.1, -0.05) is 62.4 Å². The number of aromatic nitrogens is 1. The molecule has 2 saturated heterocycles. The number of aliphatic hydroxyl groups is 1. The summed E-state index contributed by atoms with van der Waals surface area (Å²) >= 11 is 0. The number of fused-ring (bicyclic) bond motifs is 2. The summed E-state index contributed by atoms with van der Waals surface area (Å²) in [5.41, 5.74) is 2.74. The summed E-state index contributed by atoms with van der Waals surface area (Å²) in [6, 6.07) is 22.8. The summed E-state index contributed by atoms with van der Waals surface area (Å²) in [6.07, 6.45) is -0.403. The summed E-state index contributed by atoms with van der Waals surface area (Å²) in [6.45, 7) is 5.36. The number of hydrogen-bond donors (Lipinski definition) is 5. The Bertz CT molecular complexity index is 1920. The van der Waals surface area contributed by atoms with Crippen molar-refractivity contribution >= 4 is 38.9 Å². The molecule has 0 spiro atoms. The maximum Gasteiger partial charge on any atom is 0.407 e. The van der Waals surface area contributed by atoms with Gasteiger partial charge in [0.25, 0.3) is 0 Å². The first-order valence-corrected chi connectivity index (χ1v) is 19.1. The first-order valence-electron chi connectivity index (χ1n) is 17.6. The van der Waals surface area contributed by atoms with Crippen LogP contribution in [0.3, 0.4) is 0 Å². The van der Waals surface area contributed by atoms with Crippen molar-refractivity contribution in [2.75, 3.05) is 44.7 Å². The first-order chi connectivity index (χ1) is 25.1. The van der Waals surface area contributed by atoms with Crippen LogP contribution in [0.4, 0.5) is 10.5 Å². The maximum absolute atomic E-state index is 14.3.